The number of ether oxygens (including phenoxy) is 3. The van der Waals surface area contributed by atoms with Gasteiger partial charge in [0.1, 0.15) is 11.6 Å². The first kappa shape index (κ1) is 31.8. The fourth-order valence-corrected chi connectivity index (χ4v) is 6.68. The SMILES string of the molecule is CCOC(=O)c1c(NC(=O)C(=O)N/N=C/c2cc(Br)c(OCc3ccc(Cl)cc3Cl)c(OC)c2)sc2c1CCCCC2. The number of rotatable bonds is 9. The molecule has 0 aliphatic heterocycles. The number of fused-ring (bicyclic) bond motifs is 1. The molecule has 0 radical (unpaired) electrons. The van der Waals surface area contributed by atoms with Crippen LogP contribution < -0.4 is 20.2 Å². The molecule has 0 saturated heterocycles. The molecular weight excluding hydrogens is 669 g/mol. The molecule has 0 unspecified atom stereocenters. The van der Waals surface area contributed by atoms with Crippen molar-refractivity contribution >= 4 is 79.5 Å². The highest BCUT2D eigenvalue weighted by atomic mass is 79.9. The van der Waals surface area contributed by atoms with Gasteiger partial charge in [-0.25, -0.2) is 10.2 Å². The van der Waals surface area contributed by atoms with E-state index in [0.717, 1.165) is 48.1 Å². The van der Waals surface area contributed by atoms with Crippen molar-refractivity contribution in [1.82, 2.24) is 5.43 Å². The second-order valence-corrected chi connectivity index (χ2v) is 12.0. The minimum absolute atomic E-state index is 0.175. The summed E-state index contributed by atoms with van der Waals surface area (Å²) in [6.45, 7) is 2.10. The number of hydrogen-bond acceptors (Lipinski definition) is 8. The highest BCUT2D eigenvalue weighted by Crippen LogP contribution is 2.39. The van der Waals surface area contributed by atoms with Crippen molar-refractivity contribution in [3.8, 4) is 11.5 Å². The number of halogens is 3. The highest BCUT2D eigenvalue weighted by Gasteiger charge is 2.28. The molecule has 9 nitrogen and oxygen atoms in total. The van der Waals surface area contributed by atoms with Crippen LogP contribution >= 0.6 is 50.5 Å². The summed E-state index contributed by atoms with van der Waals surface area (Å²) in [5, 5.41) is 7.80. The van der Waals surface area contributed by atoms with E-state index in [-0.39, 0.29) is 13.2 Å². The molecule has 222 valence electrons. The Morgan fingerprint density at radius 1 is 1.10 bits per heavy atom. The molecule has 2 N–H and O–H groups in total. The van der Waals surface area contributed by atoms with E-state index in [1.165, 1.54) is 24.7 Å². The van der Waals surface area contributed by atoms with Gasteiger partial charge >= 0.3 is 17.8 Å². The molecule has 0 atom stereocenters. The molecule has 1 aliphatic carbocycles. The molecule has 4 rings (SSSR count). The Morgan fingerprint density at radius 3 is 2.62 bits per heavy atom. The Morgan fingerprint density at radius 2 is 1.88 bits per heavy atom. The second kappa shape index (κ2) is 14.9. The minimum Gasteiger partial charge on any atom is -0.493 e. The van der Waals surface area contributed by atoms with Crippen LogP contribution in [0.1, 0.15) is 58.1 Å². The highest BCUT2D eigenvalue weighted by molar-refractivity contribution is 9.10. The third-order valence-electron chi connectivity index (χ3n) is 6.35. The molecule has 3 aromatic rings. The van der Waals surface area contributed by atoms with Gasteiger partial charge in [-0.2, -0.15) is 5.10 Å². The van der Waals surface area contributed by atoms with E-state index < -0.39 is 17.8 Å². The average molecular weight is 697 g/mol. The zero-order valence-electron chi connectivity index (χ0n) is 22.9. The molecule has 0 saturated carbocycles. The van der Waals surface area contributed by atoms with Gasteiger partial charge in [0, 0.05) is 20.5 Å². The largest absolute Gasteiger partial charge is 0.493 e. The monoisotopic (exact) mass is 695 g/mol. The van der Waals surface area contributed by atoms with Crippen LogP contribution in [0.5, 0.6) is 11.5 Å². The minimum atomic E-state index is -0.990. The first-order valence-corrected chi connectivity index (χ1v) is 15.5. The molecule has 2 aromatic carbocycles. The van der Waals surface area contributed by atoms with E-state index in [0.29, 0.717) is 42.1 Å². The lowest BCUT2D eigenvalue weighted by molar-refractivity contribution is -0.136. The van der Waals surface area contributed by atoms with Crippen LogP contribution in [0.2, 0.25) is 10.0 Å². The molecule has 1 heterocycles. The van der Waals surface area contributed by atoms with Crippen molar-refractivity contribution in [2.24, 2.45) is 5.10 Å². The topological polar surface area (TPSA) is 115 Å². The summed E-state index contributed by atoms with van der Waals surface area (Å²) in [5.74, 6) is -1.60. The number of methoxy groups -OCH3 is 1. The van der Waals surface area contributed by atoms with E-state index in [9.17, 15) is 14.4 Å². The van der Waals surface area contributed by atoms with Gasteiger partial charge in [-0.15, -0.1) is 11.3 Å². The summed E-state index contributed by atoms with van der Waals surface area (Å²) in [7, 11) is 1.49. The number of esters is 1. The van der Waals surface area contributed by atoms with Crippen molar-refractivity contribution < 1.29 is 28.6 Å². The number of hydrazone groups is 1. The van der Waals surface area contributed by atoms with Gasteiger partial charge in [-0.05, 0) is 83.9 Å². The van der Waals surface area contributed by atoms with E-state index in [4.69, 9.17) is 37.4 Å². The lowest BCUT2D eigenvalue weighted by Gasteiger charge is -2.14. The Kier molecular flexibility index (Phi) is 11.3. The zero-order chi connectivity index (χ0) is 30.2. The standard InChI is InChI=1S/C29H28BrCl2N3O6S/c1-3-40-29(38)24-19-7-5-4-6-8-23(19)42-28(24)34-26(36)27(37)35-33-14-16-11-20(30)25(22(12-16)39-2)41-15-17-9-10-18(31)13-21(17)32/h9-14H,3-8,15H2,1-2H3,(H,34,36)(H,35,37)/b33-14+. The predicted molar refractivity (Wildman–Crippen MR) is 167 cm³/mol. The maximum Gasteiger partial charge on any atom is 0.341 e. The molecule has 2 amide bonds. The molecule has 13 heteroatoms. The summed E-state index contributed by atoms with van der Waals surface area (Å²) in [6, 6.07) is 8.50. The van der Waals surface area contributed by atoms with Gasteiger partial charge < -0.3 is 19.5 Å². The number of carbonyl (C=O) groups is 3. The van der Waals surface area contributed by atoms with Crippen molar-refractivity contribution in [1.29, 1.82) is 0 Å². The fourth-order valence-electron chi connectivity index (χ4n) is 4.37. The third-order valence-corrected chi connectivity index (χ3v) is 8.74. The van der Waals surface area contributed by atoms with Crippen LogP contribution in [-0.2, 0) is 33.8 Å². The van der Waals surface area contributed by atoms with Gasteiger partial charge in [0.15, 0.2) is 11.5 Å². The number of nitrogens with zero attached hydrogens (tertiary/aromatic N) is 1. The predicted octanol–water partition coefficient (Wildman–Crippen LogP) is 6.94. The molecular formula is C29H28BrCl2N3O6S. The number of benzene rings is 2. The number of nitrogens with one attached hydrogen (secondary N) is 2. The van der Waals surface area contributed by atoms with Crippen molar-refractivity contribution in [3.05, 3.63) is 72.0 Å². The quantitative estimate of drug-likeness (QED) is 0.0824. The van der Waals surface area contributed by atoms with Crippen LogP contribution in [0.15, 0.2) is 39.9 Å². The van der Waals surface area contributed by atoms with Gasteiger partial charge in [0.05, 0.1) is 30.0 Å². The van der Waals surface area contributed by atoms with Gasteiger partial charge in [-0.3, -0.25) is 9.59 Å². The maximum atomic E-state index is 12.7. The molecule has 42 heavy (non-hydrogen) atoms. The number of amides is 2. The summed E-state index contributed by atoms with van der Waals surface area (Å²) in [6.07, 6.45) is 5.92. The lowest BCUT2D eigenvalue weighted by atomic mass is 10.1. The summed E-state index contributed by atoms with van der Waals surface area (Å²) in [5.41, 5.74) is 4.75. The number of hydrogen-bond donors (Lipinski definition) is 2. The van der Waals surface area contributed by atoms with E-state index in [1.54, 1.807) is 37.3 Å². The normalized spacial score (nSPS) is 12.8. The third kappa shape index (κ3) is 7.83. The van der Waals surface area contributed by atoms with Crippen LogP contribution in [0, 0.1) is 0 Å². The number of aryl methyl sites for hydroxylation is 1. The number of carbonyl (C=O) groups excluding carboxylic acids is 3. The molecule has 0 spiro atoms. The first-order chi connectivity index (χ1) is 20.2. The van der Waals surface area contributed by atoms with Crippen LogP contribution in [0.3, 0.4) is 0 Å². The Bertz CT molecular complexity index is 1530. The maximum absolute atomic E-state index is 12.7. The van der Waals surface area contributed by atoms with Gasteiger partial charge in [0.2, 0.25) is 0 Å². The second-order valence-electron chi connectivity index (χ2n) is 9.20. The van der Waals surface area contributed by atoms with Crippen LogP contribution in [0.25, 0.3) is 0 Å². The molecule has 1 aliphatic rings. The summed E-state index contributed by atoms with van der Waals surface area (Å²) in [4.78, 5) is 39.0. The number of anilines is 1. The molecule has 0 bridgehead atoms. The molecule has 1 aromatic heterocycles. The summed E-state index contributed by atoms with van der Waals surface area (Å²) >= 11 is 17.0. The van der Waals surface area contributed by atoms with Crippen LogP contribution in [0.4, 0.5) is 5.00 Å². The molecule has 0 fully saturated rings. The van der Waals surface area contributed by atoms with Crippen molar-refractivity contribution in [2.75, 3.05) is 19.0 Å². The van der Waals surface area contributed by atoms with Gasteiger partial charge in [-0.1, -0.05) is 35.7 Å². The Hall–Kier alpha value is -3.12. The lowest BCUT2D eigenvalue weighted by Crippen LogP contribution is -2.32. The van der Waals surface area contributed by atoms with E-state index >= 15 is 0 Å². The first-order valence-electron chi connectivity index (χ1n) is 13.1. The van der Waals surface area contributed by atoms with Crippen molar-refractivity contribution in [2.45, 2.75) is 45.6 Å². The zero-order valence-corrected chi connectivity index (χ0v) is 26.8. The fraction of sp³-hybridized carbons (Fsp3) is 0.310. The van der Waals surface area contributed by atoms with Gasteiger partial charge in [0.25, 0.3) is 0 Å². The average Bonchev–Trinajstić information content (AvgIpc) is 3.12. The number of thiophene rings is 1. The Labute approximate surface area is 265 Å². The van der Waals surface area contributed by atoms with Crippen LogP contribution in [-0.4, -0.2) is 37.7 Å². The Balaban J connectivity index is 1.42. The van der Waals surface area contributed by atoms with Crippen molar-refractivity contribution in [3.63, 3.8) is 0 Å². The smallest absolute Gasteiger partial charge is 0.341 e. The summed E-state index contributed by atoms with van der Waals surface area (Å²) < 4.78 is 17.2. The van der Waals surface area contributed by atoms with E-state index in [1.807, 2.05) is 0 Å². The van der Waals surface area contributed by atoms with E-state index in [2.05, 4.69) is 31.8 Å².